The minimum atomic E-state index is -0.188. The maximum atomic E-state index is 12.3. The van der Waals surface area contributed by atoms with Gasteiger partial charge in [0.2, 0.25) is 0 Å². The summed E-state index contributed by atoms with van der Waals surface area (Å²) in [5.41, 5.74) is 7.82. The van der Waals surface area contributed by atoms with Gasteiger partial charge < -0.3 is 15.6 Å². The van der Waals surface area contributed by atoms with Crippen LogP contribution in [-0.2, 0) is 6.54 Å². The van der Waals surface area contributed by atoms with Crippen molar-refractivity contribution in [3.63, 3.8) is 0 Å². The van der Waals surface area contributed by atoms with Crippen molar-refractivity contribution in [1.82, 2.24) is 9.88 Å². The smallest absolute Gasteiger partial charge is 0.267 e. The monoisotopic (exact) mass is 283 g/mol. The van der Waals surface area contributed by atoms with Crippen LogP contribution in [0.15, 0.2) is 48.7 Å². The lowest BCUT2D eigenvalue weighted by molar-refractivity contribution is 0.0921. The Morgan fingerprint density at radius 2 is 1.95 bits per heavy atom. The van der Waals surface area contributed by atoms with Crippen molar-refractivity contribution in [2.75, 3.05) is 6.54 Å². The third-order valence-electron chi connectivity index (χ3n) is 4.21. The molecular weight excluding hydrogens is 262 g/mol. The van der Waals surface area contributed by atoms with Gasteiger partial charge in [0.05, 0.1) is 0 Å². The Labute approximate surface area is 125 Å². The van der Waals surface area contributed by atoms with Gasteiger partial charge in [-0.05, 0) is 37.0 Å². The molecule has 1 aliphatic rings. The number of carbonyl (C=O) groups is 1. The van der Waals surface area contributed by atoms with E-state index in [4.69, 9.17) is 5.73 Å². The Balaban J connectivity index is 1.65. The Hall–Kier alpha value is -2.07. The molecule has 0 bridgehead atoms. The summed E-state index contributed by atoms with van der Waals surface area (Å²) in [5.74, 6) is -0.0485. The van der Waals surface area contributed by atoms with E-state index >= 15 is 0 Å². The van der Waals surface area contributed by atoms with Gasteiger partial charge in [0.15, 0.2) is 0 Å². The first-order valence-corrected chi connectivity index (χ1v) is 7.42. The van der Waals surface area contributed by atoms with Crippen LogP contribution in [0.4, 0.5) is 0 Å². The van der Waals surface area contributed by atoms with Crippen LogP contribution in [0.3, 0.4) is 0 Å². The van der Waals surface area contributed by atoms with Gasteiger partial charge >= 0.3 is 0 Å². The van der Waals surface area contributed by atoms with Crippen molar-refractivity contribution in [3.05, 3.63) is 59.9 Å². The molecule has 1 fully saturated rings. The summed E-state index contributed by atoms with van der Waals surface area (Å²) < 4.78 is 1.97. The number of hydrogen-bond acceptors (Lipinski definition) is 2. The van der Waals surface area contributed by atoms with Crippen LogP contribution < -0.4 is 11.1 Å². The summed E-state index contributed by atoms with van der Waals surface area (Å²) in [5, 5.41) is 2.97. The lowest BCUT2D eigenvalue weighted by Crippen LogP contribution is -2.55. The van der Waals surface area contributed by atoms with Crippen molar-refractivity contribution in [3.8, 4) is 0 Å². The number of aromatic nitrogens is 1. The minimum Gasteiger partial charge on any atom is -0.349 e. The van der Waals surface area contributed by atoms with Gasteiger partial charge in [0, 0.05) is 24.8 Å². The Bertz CT molecular complexity index is 614. The van der Waals surface area contributed by atoms with E-state index in [-0.39, 0.29) is 11.4 Å². The number of rotatable bonds is 5. The summed E-state index contributed by atoms with van der Waals surface area (Å²) in [6.07, 6.45) is 5.09. The van der Waals surface area contributed by atoms with Gasteiger partial charge in [-0.1, -0.05) is 30.3 Å². The largest absolute Gasteiger partial charge is 0.349 e. The maximum absolute atomic E-state index is 12.3. The fourth-order valence-corrected chi connectivity index (χ4v) is 2.69. The molecule has 110 valence electrons. The van der Waals surface area contributed by atoms with Crippen LogP contribution in [0.5, 0.6) is 0 Å². The normalized spacial score (nSPS) is 16.2. The summed E-state index contributed by atoms with van der Waals surface area (Å²) in [6.45, 7) is 1.26. The molecule has 1 aliphatic carbocycles. The highest BCUT2D eigenvalue weighted by molar-refractivity contribution is 5.92. The quantitative estimate of drug-likeness (QED) is 0.883. The van der Waals surface area contributed by atoms with Gasteiger partial charge in [-0.2, -0.15) is 0 Å². The summed E-state index contributed by atoms with van der Waals surface area (Å²) in [4.78, 5) is 12.3. The van der Waals surface area contributed by atoms with E-state index in [0.717, 1.165) is 19.3 Å². The molecule has 2 aromatic rings. The van der Waals surface area contributed by atoms with E-state index in [2.05, 4.69) is 17.4 Å². The van der Waals surface area contributed by atoms with E-state index in [1.807, 2.05) is 41.1 Å². The SMILES string of the molecule is NC1(CNC(=O)c2cccn2Cc2ccccc2)CCC1. The van der Waals surface area contributed by atoms with E-state index in [1.54, 1.807) is 0 Å². The first-order chi connectivity index (χ1) is 10.2. The number of benzene rings is 1. The maximum Gasteiger partial charge on any atom is 0.267 e. The number of nitrogens with two attached hydrogens (primary N) is 1. The van der Waals surface area contributed by atoms with Gasteiger partial charge in [0.25, 0.3) is 5.91 Å². The first kappa shape index (κ1) is 13.9. The molecule has 4 heteroatoms. The molecule has 0 aliphatic heterocycles. The van der Waals surface area contributed by atoms with E-state index in [0.29, 0.717) is 18.8 Å². The van der Waals surface area contributed by atoms with Gasteiger partial charge in [-0.15, -0.1) is 0 Å². The highest BCUT2D eigenvalue weighted by atomic mass is 16.1. The summed E-state index contributed by atoms with van der Waals surface area (Å²) >= 11 is 0. The molecule has 0 radical (unpaired) electrons. The van der Waals surface area contributed by atoms with Crippen LogP contribution >= 0.6 is 0 Å². The molecule has 0 saturated heterocycles. The molecule has 1 aromatic heterocycles. The molecule has 21 heavy (non-hydrogen) atoms. The lowest BCUT2D eigenvalue weighted by atomic mass is 9.78. The van der Waals surface area contributed by atoms with Crippen LogP contribution in [0.2, 0.25) is 0 Å². The number of nitrogens with one attached hydrogen (secondary N) is 1. The molecule has 0 atom stereocenters. The number of hydrogen-bond donors (Lipinski definition) is 2. The first-order valence-electron chi connectivity index (χ1n) is 7.42. The third kappa shape index (κ3) is 3.16. The fraction of sp³-hybridized carbons (Fsp3) is 0.353. The zero-order valence-corrected chi connectivity index (χ0v) is 12.1. The van der Waals surface area contributed by atoms with Crippen molar-refractivity contribution < 1.29 is 4.79 Å². The molecule has 4 nitrogen and oxygen atoms in total. The van der Waals surface area contributed by atoms with Crippen LogP contribution in [0, 0.1) is 0 Å². The molecule has 3 N–H and O–H groups in total. The molecule has 1 amide bonds. The predicted octanol–water partition coefficient (Wildman–Crippen LogP) is 2.15. The van der Waals surface area contributed by atoms with Crippen LogP contribution in [-0.4, -0.2) is 22.6 Å². The van der Waals surface area contributed by atoms with Crippen molar-refractivity contribution >= 4 is 5.91 Å². The van der Waals surface area contributed by atoms with Gasteiger partial charge in [-0.25, -0.2) is 0 Å². The second-order valence-corrected chi connectivity index (χ2v) is 5.91. The Morgan fingerprint density at radius 3 is 2.62 bits per heavy atom. The average Bonchev–Trinajstić information content (AvgIpc) is 2.92. The molecule has 1 saturated carbocycles. The summed E-state index contributed by atoms with van der Waals surface area (Å²) in [7, 11) is 0. The van der Waals surface area contributed by atoms with Gasteiger partial charge in [-0.3, -0.25) is 4.79 Å². The fourth-order valence-electron chi connectivity index (χ4n) is 2.69. The minimum absolute atomic E-state index is 0.0485. The Morgan fingerprint density at radius 1 is 1.19 bits per heavy atom. The third-order valence-corrected chi connectivity index (χ3v) is 4.21. The second-order valence-electron chi connectivity index (χ2n) is 5.91. The standard InChI is InChI=1S/C17H21N3O/c18-17(9-5-10-17)13-19-16(21)15-8-4-11-20(15)12-14-6-2-1-3-7-14/h1-4,6-8,11H,5,9-10,12-13,18H2,(H,19,21). The lowest BCUT2D eigenvalue weighted by Gasteiger charge is -2.38. The van der Waals surface area contributed by atoms with Crippen molar-refractivity contribution in [1.29, 1.82) is 0 Å². The second kappa shape index (κ2) is 5.74. The highest BCUT2D eigenvalue weighted by Gasteiger charge is 2.32. The highest BCUT2D eigenvalue weighted by Crippen LogP contribution is 2.28. The Kier molecular flexibility index (Phi) is 3.80. The molecule has 3 rings (SSSR count). The molecule has 0 spiro atoms. The number of amides is 1. The van der Waals surface area contributed by atoms with E-state index in [1.165, 1.54) is 5.56 Å². The van der Waals surface area contributed by atoms with Crippen molar-refractivity contribution in [2.24, 2.45) is 5.73 Å². The zero-order valence-electron chi connectivity index (χ0n) is 12.1. The molecule has 1 heterocycles. The predicted molar refractivity (Wildman–Crippen MR) is 83.1 cm³/mol. The van der Waals surface area contributed by atoms with Crippen molar-refractivity contribution in [2.45, 2.75) is 31.3 Å². The van der Waals surface area contributed by atoms with Crippen LogP contribution in [0.1, 0.15) is 35.3 Å². The zero-order chi connectivity index (χ0) is 14.7. The molecule has 1 aromatic carbocycles. The van der Waals surface area contributed by atoms with Gasteiger partial charge in [0.1, 0.15) is 5.69 Å². The average molecular weight is 283 g/mol. The topological polar surface area (TPSA) is 60.0 Å². The molecule has 0 unspecified atom stereocenters. The number of carbonyl (C=O) groups excluding carboxylic acids is 1. The van der Waals surface area contributed by atoms with E-state index < -0.39 is 0 Å². The summed E-state index contributed by atoms with van der Waals surface area (Å²) in [6, 6.07) is 13.9. The van der Waals surface area contributed by atoms with Crippen LogP contribution in [0.25, 0.3) is 0 Å². The number of nitrogens with zero attached hydrogens (tertiary/aromatic N) is 1. The molecular formula is C17H21N3O. The van der Waals surface area contributed by atoms with E-state index in [9.17, 15) is 4.79 Å².